The summed E-state index contributed by atoms with van der Waals surface area (Å²) in [5.41, 5.74) is 0.946. The minimum absolute atomic E-state index is 0.130. The number of aryl methyl sites for hydroxylation is 2. The van der Waals surface area contributed by atoms with E-state index in [0.29, 0.717) is 6.04 Å². The Bertz CT molecular complexity index is 370. The largest absolute Gasteiger partial charge is 0.315 e. The van der Waals surface area contributed by atoms with Gasteiger partial charge in [-0.1, -0.05) is 13.0 Å². The molecule has 1 heterocycles. The SMILES string of the molecule is CCCNC(C)CCn1cccc(C)c1=O. The fourth-order valence-electron chi connectivity index (χ4n) is 1.66. The van der Waals surface area contributed by atoms with Crippen LogP contribution >= 0.6 is 0 Å². The predicted octanol–water partition coefficient (Wildman–Crippen LogP) is 1.93. The minimum atomic E-state index is 0.130. The summed E-state index contributed by atoms with van der Waals surface area (Å²) in [6, 6.07) is 4.26. The first kappa shape index (κ1) is 13.0. The van der Waals surface area contributed by atoms with Gasteiger partial charge in [0.15, 0.2) is 0 Å². The quantitative estimate of drug-likeness (QED) is 0.798. The molecule has 0 fully saturated rings. The van der Waals surface area contributed by atoms with Crippen molar-refractivity contribution in [2.24, 2.45) is 0 Å². The van der Waals surface area contributed by atoms with E-state index in [1.165, 1.54) is 0 Å². The average Bonchev–Trinajstić information content (AvgIpc) is 2.28. The van der Waals surface area contributed by atoms with Crippen molar-refractivity contribution in [2.75, 3.05) is 6.54 Å². The molecule has 0 saturated carbocycles. The van der Waals surface area contributed by atoms with Gasteiger partial charge < -0.3 is 9.88 Å². The van der Waals surface area contributed by atoms with Crippen LogP contribution in [0, 0.1) is 6.92 Å². The Morgan fingerprint density at radius 2 is 2.25 bits per heavy atom. The highest BCUT2D eigenvalue weighted by Crippen LogP contribution is 1.96. The summed E-state index contributed by atoms with van der Waals surface area (Å²) in [4.78, 5) is 11.7. The standard InChI is InChI=1S/C13H22N2O/c1-4-8-14-12(3)7-10-15-9-5-6-11(2)13(15)16/h5-6,9,12,14H,4,7-8,10H2,1-3H3. The Morgan fingerprint density at radius 3 is 2.94 bits per heavy atom. The lowest BCUT2D eigenvalue weighted by Crippen LogP contribution is -2.30. The number of aromatic nitrogens is 1. The Labute approximate surface area is 97.5 Å². The van der Waals surface area contributed by atoms with E-state index in [-0.39, 0.29) is 5.56 Å². The molecule has 1 aromatic heterocycles. The summed E-state index contributed by atoms with van der Waals surface area (Å²) in [5.74, 6) is 0. The molecular weight excluding hydrogens is 200 g/mol. The third kappa shape index (κ3) is 3.81. The molecule has 3 nitrogen and oxygen atoms in total. The van der Waals surface area contributed by atoms with Crippen LogP contribution in [0.5, 0.6) is 0 Å². The predicted molar refractivity (Wildman–Crippen MR) is 67.8 cm³/mol. The average molecular weight is 222 g/mol. The molecule has 0 aromatic carbocycles. The summed E-state index contributed by atoms with van der Waals surface area (Å²) < 4.78 is 1.79. The second-order valence-electron chi connectivity index (χ2n) is 4.33. The molecule has 90 valence electrons. The second-order valence-corrected chi connectivity index (χ2v) is 4.33. The first-order chi connectivity index (χ1) is 7.65. The van der Waals surface area contributed by atoms with E-state index in [0.717, 1.165) is 31.5 Å². The highest BCUT2D eigenvalue weighted by atomic mass is 16.1. The molecule has 16 heavy (non-hydrogen) atoms. The van der Waals surface area contributed by atoms with Gasteiger partial charge in [-0.25, -0.2) is 0 Å². The summed E-state index contributed by atoms with van der Waals surface area (Å²) >= 11 is 0. The molecule has 0 saturated heterocycles. The Kier molecular flexibility index (Phi) is 5.26. The van der Waals surface area contributed by atoms with Crippen LogP contribution in [0.3, 0.4) is 0 Å². The van der Waals surface area contributed by atoms with Crippen LogP contribution in [-0.2, 0) is 6.54 Å². The molecule has 0 aliphatic heterocycles. The van der Waals surface area contributed by atoms with E-state index in [2.05, 4.69) is 19.2 Å². The number of rotatable bonds is 6. The molecule has 0 aliphatic carbocycles. The van der Waals surface area contributed by atoms with Crippen molar-refractivity contribution in [3.05, 3.63) is 34.2 Å². The van der Waals surface area contributed by atoms with Crippen molar-refractivity contribution in [1.29, 1.82) is 0 Å². The number of hydrogen-bond donors (Lipinski definition) is 1. The van der Waals surface area contributed by atoms with Gasteiger partial charge in [0.05, 0.1) is 0 Å². The number of hydrogen-bond acceptors (Lipinski definition) is 2. The van der Waals surface area contributed by atoms with E-state index < -0.39 is 0 Å². The minimum Gasteiger partial charge on any atom is -0.315 e. The monoisotopic (exact) mass is 222 g/mol. The second kappa shape index (κ2) is 6.48. The Hall–Kier alpha value is -1.09. The molecule has 0 amide bonds. The highest BCUT2D eigenvalue weighted by molar-refractivity contribution is 5.07. The Morgan fingerprint density at radius 1 is 1.50 bits per heavy atom. The van der Waals surface area contributed by atoms with Crippen LogP contribution in [-0.4, -0.2) is 17.2 Å². The Balaban J connectivity index is 2.48. The third-order valence-electron chi connectivity index (χ3n) is 2.76. The number of nitrogens with zero attached hydrogens (tertiary/aromatic N) is 1. The van der Waals surface area contributed by atoms with E-state index in [1.807, 2.05) is 25.3 Å². The lowest BCUT2D eigenvalue weighted by Gasteiger charge is -2.14. The maximum absolute atomic E-state index is 11.7. The lowest BCUT2D eigenvalue weighted by molar-refractivity contribution is 0.471. The third-order valence-corrected chi connectivity index (χ3v) is 2.76. The summed E-state index contributed by atoms with van der Waals surface area (Å²) in [6.07, 6.45) is 4.00. The molecule has 1 atom stereocenters. The molecule has 0 aliphatic rings. The van der Waals surface area contributed by atoms with Crippen molar-refractivity contribution in [1.82, 2.24) is 9.88 Å². The lowest BCUT2D eigenvalue weighted by atomic mass is 10.2. The van der Waals surface area contributed by atoms with Crippen molar-refractivity contribution >= 4 is 0 Å². The van der Waals surface area contributed by atoms with Gasteiger partial charge in [0.2, 0.25) is 0 Å². The molecule has 1 aromatic rings. The van der Waals surface area contributed by atoms with E-state index in [1.54, 1.807) is 4.57 Å². The maximum Gasteiger partial charge on any atom is 0.253 e. The molecule has 1 unspecified atom stereocenters. The molecule has 0 radical (unpaired) electrons. The van der Waals surface area contributed by atoms with Gasteiger partial charge >= 0.3 is 0 Å². The first-order valence-corrected chi connectivity index (χ1v) is 6.04. The van der Waals surface area contributed by atoms with Crippen molar-refractivity contribution in [3.63, 3.8) is 0 Å². The molecule has 1 N–H and O–H groups in total. The van der Waals surface area contributed by atoms with Crippen LogP contribution in [0.1, 0.15) is 32.3 Å². The van der Waals surface area contributed by atoms with E-state index in [4.69, 9.17) is 0 Å². The molecule has 0 bridgehead atoms. The van der Waals surface area contributed by atoms with Crippen LogP contribution in [0.2, 0.25) is 0 Å². The first-order valence-electron chi connectivity index (χ1n) is 6.04. The van der Waals surface area contributed by atoms with Crippen molar-refractivity contribution in [2.45, 2.75) is 46.2 Å². The highest BCUT2D eigenvalue weighted by Gasteiger charge is 2.02. The van der Waals surface area contributed by atoms with Gasteiger partial charge in [0.1, 0.15) is 0 Å². The van der Waals surface area contributed by atoms with Crippen molar-refractivity contribution in [3.8, 4) is 0 Å². The molecule has 0 spiro atoms. The number of pyridine rings is 1. The van der Waals surface area contributed by atoms with E-state index >= 15 is 0 Å². The molecular formula is C13H22N2O. The van der Waals surface area contributed by atoms with Gasteiger partial charge in [0, 0.05) is 24.3 Å². The van der Waals surface area contributed by atoms with Gasteiger partial charge in [-0.3, -0.25) is 4.79 Å². The van der Waals surface area contributed by atoms with Gasteiger partial charge in [-0.05, 0) is 39.3 Å². The van der Waals surface area contributed by atoms with Gasteiger partial charge in [-0.2, -0.15) is 0 Å². The zero-order chi connectivity index (χ0) is 12.0. The summed E-state index contributed by atoms with van der Waals surface area (Å²) in [5, 5.41) is 3.42. The zero-order valence-corrected chi connectivity index (χ0v) is 10.5. The molecule has 3 heteroatoms. The maximum atomic E-state index is 11.7. The van der Waals surface area contributed by atoms with Crippen LogP contribution in [0.4, 0.5) is 0 Å². The van der Waals surface area contributed by atoms with Crippen LogP contribution < -0.4 is 10.9 Å². The van der Waals surface area contributed by atoms with Crippen molar-refractivity contribution < 1.29 is 0 Å². The fraction of sp³-hybridized carbons (Fsp3) is 0.615. The molecule has 1 rings (SSSR count). The van der Waals surface area contributed by atoms with Crippen LogP contribution in [0.15, 0.2) is 23.1 Å². The van der Waals surface area contributed by atoms with Crippen LogP contribution in [0.25, 0.3) is 0 Å². The normalized spacial score (nSPS) is 12.7. The smallest absolute Gasteiger partial charge is 0.253 e. The van der Waals surface area contributed by atoms with Gasteiger partial charge in [-0.15, -0.1) is 0 Å². The summed E-state index contributed by atoms with van der Waals surface area (Å²) in [7, 11) is 0. The van der Waals surface area contributed by atoms with Gasteiger partial charge in [0.25, 0.3) is 5.56 Å². The topological polar surface area (TPSA) is 34.0 Å². The number of nitrogens with one attached hydrogen (secondary N) is 1. The summed E-state index contributed by atoms with van der Waals surface area (Å²) in [6.45, 7) is 8.02. The zero-order valence-electron chi connectivity index (χ0n) is 10.5. The fourth-order valence-corrected chi connectivity index (χ4v) is 1.66. The van der Waals surface area contributed by atoms with E-state index in [9.17, 15) is 4.79 Å².